The minimum atomic E-state index is -0.0656. The molecule has 2 aliphatic heterocycles. The first kappa shape index (κ1) is 18.7. The second-order valence-corrected chi connectivity index (χ2v) is 6.72. The van der Waals surface area contributed by atoms with E-state index in [1.54, 1.807) is 7.05 Å². The number of benzene rings is 1. The fourth-order valence-corrected chi connectivity index (χ4v) is 3.66. The van der Waals surface area contributed by atoms with E-state index in [1.165, 1.54) is 0 Å². The molecule has 0 aromatic heterocycles. The number of carbonyl (C=O) groups is 1. The van der Waals surface area contributed by atoms with Gasteiger partial charge in [-0.2, -0.15) is 0 Å². The molecule has 2 fully saturated rings. The predicted molar refractivity (Wildman–Crippen MR) is 102 cm³/mol. The van der Waals surface area contributed by atoms with Gasteiger partial charge in [0.05, 0.1) is 13.2 Å². The van der Waals surface area contributed by atoms with E-state index < -0.39 is 0 Å². The van der Waals surface area contributed by atoms with Crippen LogP contribution in [0.1, 0.15) is 22.3 Å². The Morgan fingerprint density at radius 2 is 2.12 bits per heavy atom. The lowest BCUT2D eigenvalue weighted by molar-refractivity contribution is 0.0195. The van der Waals surface area contributed by atoms with Crippen LogP contribution in [0.3, 0.4) is 0 Å². The number of likely N-dealkylation sites (tertiary alicyclic amines) is 1. The Hall–Kier alpha value is -2.12. The molecule has 0 bridgehead atoms. The van der Waals surface area contributed by atoms with E-state index in [1.807, 2.05) is 31.3 Å². The molecule has 0 radical (unpaired) electrons. The number of hydrogen-bond donors (Lipinski definition) is 2. The average molecular weight is 359 g/mol. The maximum absolute atomic E-state index is 11.8. The molecule has 26 heavy (non-hydrogen) atoms. The van der Waals surface area contributed by atoms with E-state index in [0.29, 0.717) is 18.2 Å². The van der Waals surface area contributed by atoms with Gasteiger partial charge in [-0.3, -0.25) is 14.7 Å². The highest BCUT2D eigenvalue weighted by Crippen LogP contribution is 2.17. The van der Waals surface area contributed by atoms with Crippen molar-refractivity contribution in [2.75, 3.05) is 53.5 Å². The van der Waals surface area contributed by atoms with E-state index in [0.717, 1.165) is 57.3 Å². The summed E-state index contributed by atoms with van der Waals surface area (Å²) < 4.78 is 5.46. The van der Waals surface area contributed by atoms with Crippen LogP contribution < -0.4 is 10.6 Å². The molecule has 2 aliphatic rings. The Kier molecular flexibility index (Phi) is 6.46. The summed E-state index contributed by atoms with van der Waals surface area (Å²) in [5.41, 5.74) is 1.74. The summed E-state index contributed by atoms with van der Waals surface area (Å²) in [7, 11) is 3.47. The first-order valence-corrected chi connectivity index (χ1v) is 9.29. The number of morpholine rings is 1. The minimum absolute atomic E-state index is 0.0656. The summed E-state index contributed by atoms with van der Waals surface area (Å²) in [6.45, 7) is 6.39. The molecule has 2 heterocycles. The number of guanidine groups is 1. The monoisotopic (exact) mass is 359 g/mol. The van der Waals surface area contributed by atoms with Crippen molar-refractivity contribution >= 4 is 11.9 Å². The molecule has 2 N–H and O–H groups in total. The van der Waals surface area contributed by atoms with Gasteiger partial charge in [-0.05, 0) is 24.1 Å². The molecule has 1 aromatic rings. The van der Waals surface area contributed by atoms with Gasteiger partial charge in [0.15, 0.2) is 5.96 Å². The summed E-state index contributed by atoms with van der Waals surface area (Å²) in [5.74, 6) is 0.857. The summed E-state index contributed by atoms with van der Waals surface area (Å²) in [4.78, 5) is 21.1. The summed E-state index contributed by atoms with van der Waals surface area (Å²) in [6, 6.07) is 8.25. The van der Waals surface area contributed by atoms with Crippen molar-refractivity contribution in [3.63, 3.8) is 0 Å². The largest absolute Gasteiger partial charge is 0.379 e. The van der Waals surface area contributed by atoms with Crippen molar-refractivity contribution < 1.29 is 9.53 Å². The van der Waals surface area contributed by atoms with E-state index >= 15 is 0 Å². The van der Waals surface area contributed by atoms with Gasteiger partial charge in [-0.25, -0.2) is 0 Å². The van der Waals surface area contributed by atoms with E-state index in [4.69, 9.17) is 4.74 Å². The van der Waals surface area contributed by atoms with Gasteiger partial charge < -0.3 is 20.3 Å². The lowest BCUT2D eigenvalue weighted by atomic mass is 10.1. The molecule has 0 saturated carbocycles. The van der Waals surface area contributed by atoms with Crippen LogP contribution in [-0.2, 0) is 11.3 Å². The van der Waals surface area contributed by atoms with Crippen molar-refractivity contribution in [3.05, 3.63) is 35.4 Å². The van der Waals surface area contributed by atoms with Crippen molar-refractivity contribution in [1.82, 2.24) is 20.4 Å². The van der Waals surface area contributed by atoms with Gasteiger partial charge in [0, 0.05) is 58.4 Å². The second kappa shape index (κ2) is 9.00. The van der Waals surface area contributed by atoms with Crippen molar-refractivity contribution in [3.8, 4) is 0 Å². The Labute approximate surface area is 155 Å². The molecule has 2 saturated heterocycles. The van der Waals surface area contributed by atoms with Crippen LogP contribution in [0.15, 0.2) is 29.3 Å². The summed E-state index contributed by atoms with van der Waals surface area (Å²) >= 11 is 0. The van der Waals surface area contributed by atoms with Gasteiger partial charge in [-0.1, -0.05) is 12.1 Å². The fourth-order valence-electron chi connectivity index (χ4n) is 3.66. The Balaban J connectivity index is 1.54. The van der Waals surface area contributed by atoms with Crippen LogP contribution in [0.25, 0.3) is 0 Å². The topological polar surface area (TPSA) is 69.2 Å². The highest BCUT2D eigenvalue weighted by molar-refractivity contribution is 5.94. The molecule has 1 aromatic carbocycles. The highest BCUT2D eigenvalue weighted by atomic mass is 16.5. The zero-order chi connectivity index (χ0) is 18.4. The lowest BCUT2D eigenvalue weighted by Crippen LogP contribution is -2.46. The van der Waals surface area contributed by atoms with E-state index in [9.17, 15) is 4.79 Å². The van der Waals surface area contributed by atoms with Gasteiger partial charge >= 0.3 is 0 Å². The fraction of sp³-hybridized carbons (Fsp3) is 0.579. The Morgan fingerprint density at radius 3 is 2.85 bits per heavy atom. The highest BCUT2D eigenvalue weighted by Gasteiger charge is 2.30. The first-order valence-electron chi connectivity index (χ1n) is 9.29. The maximum atomic E-state index is 11.8. The number of nitrogens with zero attached hydrogens (tertiary/aromatic N) is 3. The number of ether oxygens (including phenoxy) is 1. The van der Waals surface area contributed by atoms with Crippen LogP contribution >= 0.6 is 0 Å². The molecule has 1 atom stereocenters. The normalized spacial score (nSPS) is 21.7. The third-order valence-electron chi connectivity index (χ3n) is 5.10. The van der Waals surface area contributed by atoms with Gasteiger partial charge in [0.25, 0.3) is 5.91 Å². The van der Waals surface area contributed by atoms with Gasteiger partial charge in [-0.15, -0.1) is 0 Å². The smallest absolute Gasteiger partial charge is 0.251 e. The molecule has 142 valence electrons. The number of amides is 1. The summed E-state index contributed by atoms with van der Waals surface area (Å²) in [6.07, 6.45) is 1.16. The summed E-state index contributed by atoms with van der Waals surface area (Å²) in [5, 5.41) is 6.10. The van der Waals surface area contributed by atoms with Crippen LogP contribution in [0.5, 0.6) is 0 Å². The van der Waals surface area contributed by atoms with Gasteiger partial charge in [0.1, 0.15) is 0 Å². The van der Waals surface area contributed by atoms with Crippen LogP contribution in [0.2, 0.25) is 0 Å². The van der Waals surface area contributed by atoms with Crippen LogP contribution in [0, 0.1) is 0 Å². The molecular formula is C19H29N5O2. The second-order valence-electron chi connectivity index (χ2n) is 6.72. The molecule has 1 unspecified atom stereocenters. The first-order chi connectivity index (χ1) is 12.7. The molecule has 1 amide bonds. The number of hydrogen-bond acceptors (Lipinski definition) is 4. The van der Waals surface area contributed by atoms with Crippen molar-refractivity contribution in [2.45, 2.75) is 19.0 Å². The molecule has 3 rings (SSSR count). The number of aliphatic imine (C=N–C) groups is 1. The predicted octanol–water partition coefficient (Wildman–Crippen LogP) is 0.528. The molecule has 0 spiro atoms. The Bertz CT molecular complexity index is 643. The SMILES string of the molecule is CN=C(NCc1cccc(C(=O)NC)c1)N1CCC(N2CCOCC2)C1. The standard InChI is InChI=1S/C19H29N5O2/c1-20-18(25)16-5-3-4-15(12-16)13-22-19(21-2)24-7-6-17(14-24)23-8-10-26-11-9-23/h3-5,12,17H,6-11,13-14H2,1-2H3,(H,20,25)(H,21,22). The van der Waals surface area contributed by atoms with E-state index in [2.05, 4.69) is 25.4 Å². The quantitative estimate of drug-likeness (QED) is 0.606. The third kappa shape index (κ3) is 4.53. The van der Waals surface area contributed by atoms with Gasteiger partial charge in [0.2, 0.25) is 0 Å². The van der Waals surface area contributed by atoms with Crippen molar-refractivity contribution in [2.24, 2.45) is 4.99 Å². The lowest BCUT2D eigenvalue weighted by Gasteiger charge is -2.32. The molecule has 7 nitrogen and oxygen atoms in total. The number of nitrogens with one attached hydrogen (secondary N) is 2. The average Bonchev–Trinajstić information content (AvgIpc) is 3.19. The molecular weight excluding hydrogens is 330 g/mol. The molecule has 7 heteroatoms. The Morgan fingerprint density at radius 1 is 1.31 bits per heavy atom. The zero-order valence-electron chi connectivity index (χ0n) is 15.7. The van der Waals surface area contributed by atoms with Crippen molar-refractivity contribution in [1.29, 1.82) is 0 Å². The zero-order valence-corrected chi connectivity index (χ0v) is 15.7. The third-order valence-corrected chi connectivity index (χ3v) is 5.10. The minimum Gasteiger partial charge on any atom is -0.379 e. The van der Waals surface area contributed by atoms with E-state index in [-0.39, 0.29) is 5.91 Å². The molecule has 0 aliphatic carbocycles. The number of carbonyl (C=O) groups excluding carboxylic acids is 1. The van der Waals surface area contributed by atoms with Crippen LogP contribution in [-0.4, -0.2) is 81.2 Å². The maximum Gasteiger partial charge on any atom is 0.251 e. The number of rotatable bonds is 4. The van der Waals surface area contributed by atoms with Crippen LogP contribution in [0.4, 0.5) is 0 Å².